The van der Waals surface area contributed by atoms with E-state index < -0.39 is 0 Å². The maximum atomic E-state index is 6.28. The van der Waals surface area contributed by atoms with E-state index in [4.69, 9.17) is 11.6 Å². The maximum Gasteiger partial charge on any atom is 0.212 e. The SMILES string of the molecule is Cc1ccc(Cl)c2c1CCC2=NNC1=NCCN1.Cl. The fourth-order valence-electron chi connectivity index (χ4n) is 2.43. The maximum absolute atomic E-state index is 6.28. The number of aryl methyl sites for hydroxylation is 1. The molecule has 3 rings (SSSR count). The minimum atomic E-state index is 0. The molecule has 1 heterocycles. The molecule has 0 bridgehead atoms. The zero-order chi connectivity index (χ0) is 12.5. The summed E-state index contributed by atoms with van der Waals surface area (Å²) in [5.41, 5.74) is 7.71. The fraction of sp³-hybridized carbons (Fsp3) is 0.385. The predicted molar refractivity (Wildman–Crippen MR) is 81.7 cm³/mol. The Morgan fingerprint density at radius 1 is 1.37 bits per heavy atom. The average Bonchev–Trinajstić information content (AvgIpc) is 3.00. The Labute approximate surface area is 123 Å². The van der Waals surface area contributed by atoms with Gasteiger partial charge in [-0.05, 0) is 37.0 Å². The summed E-state index contributed by atoms with van der Waals surface area (Å²) in [4.78, 5) is 4.25. The van der Waals surface area contributed by atoms with Gasteiger partial charge in [-0.2, -0.15) is 5.10 Å². The number of hydrogen-bond acceptors (Lipinski definition) is 4. The van der Waals surface area contributed by atoms with Crippen LogP contribution in [0.4, 0.5) is 0 Å². The van der Waals surface area contributed by atoms with Crippen LogP contribution >= 0.6 is 24.0 Å². The number of hydrazone groups is 1. The Morgan fingerprint density at radius 2 is 2.21 bits per heavy atom. The van der Waals surface area contributed by atoms with Crippen LogP contribution < -0.4 is 10.7 Å². The molecule has 2 N–H and O–H groups in total. The van der Waals surface area contributed by atoms with E-state index in [9.17, 15) is 0 Å². The van der Waals surface area contributed by atoms with E-state index in [1.807, 2.05) is 6.07 Å². The molecule has 1 aliphatic carbocycles. The molecule has 0 radical (unpaired) electrons. The van der Waals surface area contributed by atoms with Gasteiger partial charge in [0.25, 0.3) is 0 Å². The van der Waals surface area contributed by atoms with Crippen molar-refractivity contribution in [2.75, 3.05) is 13.1 Å². The molecular weight excluding hydrogens is 283 g/mol. The lowest BCUT2D eigenvalue weighted by atomic mass is 10.0. The minimum Gasteiger partial charge on any atom is -0.353 e. The molecule has 0 atom stereocenters. The molecule has 0 saturated heterocycles. The standard InChI is InChI=1S/C13H15ClN4.ClH/c1-8-2-4-10(14)12-9(8)3-5-11(12)17-18-13-15-6-7-16-13;/h2,4H,3,5-7H2,1H3,(H2,15,16,18);1H. The van der Waals surface area contributed by atoms with Crippen molar-refractivity contribution in [2.45, 2.75) is 19.8 Å². The van der Waals surface area contributed by atoms with Crippen LogP contribution in [0.15, 0.2) is 22.2 Å². The summed E-state index contributed by atoms with van der Waals surface area (Å²) in [6.07, 6.45) is 1.95. The third-order valence-corrected chi connectivity index (χ3v) is 3.68. The number of nitrogens with one attached hydrogen (secondary N) is 2. The van der Waals surface area contributed by atoms with Gasteiger partial charge >= 0.3 is 0 Å². The number of aliphatic imine (C=N–C) groups is 1. The van der Waals surface area contributed by atoms with Crippen LogP contribution in [-0.4, -0.2) is 24.8 Å². The highest BCUT2D eigenvalue weighted by Gasteiger charge is 2.22. The molecule has 6 heteroatoms. The highest BCUT2D eigenvalue weighted by atomic mass is 35.5. The second-order valence-electron chi connectivity index (χ2n) is 4.55. The van der Waals surface area contributed by atoms with Gasteiger partial charge in [-0.3, -0.25) is 0 Å². The molecule has 1 aliphatic heterocycles. The second kappa shape index (κ2) is 5.80. The molecule has 1 aromatic carbocycles. The van der Waals surface area contributed by atoms with Crippen molar-refractivity contribution < 1.29 is 0 Å². The van der Waals surface area contributed by atoms with Gasteiger partial charge in [0.15, 0.2) is 0 Å². The number of halogens is 2. The second-order valence-corrected chi connectivity index (χ2v) is 4.95. The number of guanidine groups is 1. The summed E-state index contributed by atoms with van der Waals surface area (Å²) in [7, 11) is 0. The van der Waals surface area contributed by atoms with Crippen LogP contribution in [0.2, 0.25) is 5.02 Å². The van der Waals surface area contributed by atoms with Crippen LogP contribution in [0.3, 0.4) is 0 Å². The fourth-order valence-corrected chi connectivity index (χ4v) is 2.72. The molecule has 0 saturated carbocycles. The summed E-state index contributed by atoms with van der Waals surface area (Å²) in [5, 5.41) is 8.35. The van der Waals surface area contributed by atoms with Crippen LogP contribution in [0.5, 0.6) is 0 Å². The molecular formula is C13H16Cl2N4. The summed E-state index contributed by atoms with van der Waals surface area (Å²) in [6, 6.07) is 4.02. The first-order valence-electron chi connectivity index (χ1n) is 6.15. The summed E-state index contributed by atoms with van der Waals surface area (Å²) in [6.45, 7) is 3.81. The van der Waals surface area contributed by atoms with Crippen molar-refractivity contribution >= 4 is 35.7 Å². The molecule has 0 spiro atoms. The molecule has 0 amide bonds. The topological polar surface area (TPSA) is 48.8 Å². The van der Waals surface area contributed by atoms with Gasteiger partial charge in [0.1, 0.15) is 0 Å². The Morgan fingerprint density at radius 3 is 2.95 bits per heavy atom. The normalized spacial score (nSPS) is 18.6. The molecule has 0 aromatic heterocycles. The highest BCUT2D eigenvalue weighted by molar-refractivity contribution is 6.35. The molecule has 4 nitrogen and oxygen atoms in total. The van der Waals surface area contributed by atoms with E-state index in [-0.39, 0.29) is 12.4 Å². The van der Waals surface area contributed by atoms with Gasteiger partial charge in [0.05, 0.1) is 12.3 Å². The smallest absolute Gasteiger partial charge is 0.212 e. The highest BCUT2D eigenvalue weighted by Crippen LogP contribution is 2.31. The van der Waals surface area contributed by atoms with E-state index in [1.165, 1.54) is 11.1 Å². The van der Waals surface area contributed by atoms with Crippen LogP contribution in [0.25, 0.3) is 0 Å². The first kappa shape index (κ1) is 14.2. The molecule has 2 aliphatic rings. The summed E-state index contributed by atoms with van der Waals surface area (Å²) < 4.78 is 0. The predicted octanol–water partition coefficient (Wildman–Crippen LogP) is 2.27. The zero-order valence-corrected chi connectivity index (χ0v) is 12.2. The van der Waals surface area contributed by atoms with Gasteiger partial charge in [-0.25, -0.2) is 10.4 Å². The lowest BCUT2D eigenvalue weighted by molar-refractivity contribution is 0.913. The van der Waals surface area contributed by atoms with Crippen LogP contribution in [-0.2, 0) is 6.42 Å². The quantitative estimate of drug-likeness (QED) is 0.782. The van der Waals surface area contributed by atoms with E-state index in [1.54, 1.807) is 0 Å². The third-order valence-electron chi connectivity index (χ3n) is 3.37. The molecule has 19 heavy (non-hydrogen) atoms. The Hall–Kier alpha value is -1.26. The number of rotatable bonds is 1. The van der Waals surface area contributed by atoms with Gasteiger partial charge in [0.2, 0.25) is 5.96 Å². The van der Waals surface area contributed by atoms with Crippen molar-refractivity contribution in [3.8, 4) is 0 Å². The van der Waals surface area contributed by atoms with Crippen molar-refractivity contribution in [3.63, 3.8) is 0 Å². The number of hydrogen-bond donors (Lipinski definition) is 2. The van der Waals surface area contributed by atoms with E-state index >= 15 is 0 Å². The van der Waals surface area contributed by atoms with Gasteiger partial charge in [0, 0.05) is 17.1 Å². The first-order valence-corrected chi connectivity index (χ1v) is 6.53. The van der Waals surface area contributed by atoms with Gasteiger partial charge < -0.3 is 5.32 Å². The largest absolute Gasteiger partial charge is 0.353 e. The van der Waals surface area contributed by atoms with E-state index in [0.717, 1.165) is 48.2 Å². The van der Waals surface area contributed by atoms with E-state index in [0.29, 0.717) is 0 Å². The third kappa shape index (κ3) is 2.69. The number of benzene rings is 1. The van der Waals surface area contributed by atoms with Crippen molar-refractivity contribution in [1.29, 1.82) is 0 Å². The van der Waals surface area contributed by atoms with Crippen LogP contribution in [0, 0.1) is 6.92 Å². The average molecular weight is 299 g/mol. The van der Waals surface area contributed by atoms with Crippen molar-refractivity contribution in [2.24, 2.45) is 10.1 Å². The first-order chi connectivity index (χ1) is 8.75. The molecule has 0 unspecified atom stereocenters. The monoisotopic (exact) mass is 298 g/mol. The Bertz CT molecular complexity index is 552. The Kier molecular flexibility index (Phi) is 4.32. The van der Waals surface area contributed by atoms with Crippen molar-refractivity contribution in [3.05, 3.63) is 33.8 Å². The minimum absolute atomic E-state index is 0. The van der Waals surface area contributed by atoms with Gasteiger partial charge in [-0.15, -0.1) is 12.4 Å². The van der Waals surface area contributed by atoms with Crippen molar-refractivity contribution in [1.82, 2.24) is 10.7 Å². The van der Waals surface area contributed by atoms with Crippen LogP contribution in [0.1, 0.15) is 23.1 Å². The number of fused-ring (bicyclic) bond motifs is 1. The zero-order valence-electron chi connectivity index (χ0n) is 10.7. The number of nitrogens with zero attached hydrogens (tertiary/aromatic N) is 2. The van der Waals surface area contributed by atoms with Gasteiger partial charge in [-0.1, -0.05) is 17.7 Å². The molecule has 0 fully saturated rings. The molecule has 102 valence electrons. The lowest BCUT2D eigenvalue weighted by Gasteiger charge is -2.07. The summed E-state index contributed by atoms with van der Waals surface area (Å²) in [5.74, 6) is 0.750. The lowest BCUT2D eigenvalue weighted by Crippen LogP contribution is -2.30. The van der Waals surface area contributed by atoms with E-state index in [2.05, 4.69) is 33.8 Å². The summed E-state index contributed by atoms with van der Waals surface area (Å²) >= 11 is 6.28. The Balaban J connectivity index is 0.00000133. The molecule has 1 aromatic rings.